The van der Waals surface area contributed by atoms with Crippen molar-refractivity contribution in [1.82, 2.24) is 14.6 Å². The molecule has 2 N–H and O–H groups in total. The first kappa shape index (κ1) is 23.7. The van der Waals surface area contributed by atoms with Crippen molar-refractivity contribution >= 4 is 16.0 Å². The molecule has 0 amide bonds. The smallest absolute Gasteiger partial charge is 0.417 e. The Labute approximate surface area is 189 Å². The van der Waals surface area contributed by atoms with Crippen LogP contribution in [0.3, 0.4) is 0 Å². The number of rotatable bonds is 4. The summed E-state index contributed by atoms with van der Waals surface area (Å²) in [6.45, 7) is 4.15. The molecule has 33 heavy (non-hydrogen) atoms. The molecule has 1 aromatic carbocycles. The van der Waals surface area contributed by atoms with Gasteiger partial charge < -0.3 is 10.4 Å². The molecule has 0 saturated carbocycles. The predicted octanol–water partition coefficient (Wildman–Crippen LogP) is 3.42. The Morgan fingerprint density at radius 3 is 2.58 bits per heavy atom. The summed E-state index contributed by atoms with van der Waals surface area (Å²) in [5.74, 6) is -2.04. The first-order valence-corrected chi connectivity index (χ1v) is 12.0. The van der Waals surface area contributed by atoms with E-state index in [0.717, 1.165) is 6.07 Å². The van der Waals surface area contributed by atoms with Crippen LogP contribution in [0.4, 0.5) is 13.2 Å². The predicted molar refractivity (Wildman–Crippen MR) is 113 cm³/mol. The lowest BCUT2D eigenvalue weighted by Gasteiger charge is -2.36. The number of halogens is 3. The molecule has 2 heterocycles. The molecule has 0 radical (unpaired) electrons. The number of carbonyl (C=O) groups is 1. The highest BCUT2D eigenvalue weighted by molar-refractivity contribution is 7.89. The number of nitrogens with one attached hydrogen (secondary N) is 1. The molecule has 2 aromatic rings. The van der Waals surface area contributed by atoms with E-state index in [1.165, 1.54) is 10.4 Å². The van der Waals surface area contributed by atoms with Crippen LogP contribution in [0.1, 0.15) is 59.2 Å². The highest BCUT2D eigenvalue weighted by Gasteiger charge is 2.42. The Balaban J connectivity index is 1.79. The Morgan fingerprint density at radius 2 is 1.97 bits per heavy atom. The van der Waals surface area contributed by atoms with Gasteiger partial charge in [0.1, 0.15) is 0 Å². The van der Waals surface area contributed by atoms with Gasteiger partial charge in [0.05, 0.1) is 28.1 Å². The van der Waals surface area contributed by atoms with Crippen molar-refractivity contribution in [1.29, 1.82) is 0 Å². The number of hydrogen-bond acceptors (Lipinski definition) is 5. The molecular formula is C22H24F3N3O4S. The van der Waals surface area contributed by atoms with Crippen LogP contribution in [0, 0.1) is 6.92 Å². The van der Waals surface area contributed by atoms with Crippen LogP contribution in [0.5, 0.6) is 0 Å². The number of aliphatic carboxylic acids is 1. The SMILES string of the molecule is Cc1ccc2c(c1S(=O)(=O)N1CCNCC1c1ccc(C(F)(F)F)cn1)[C@@H](C)C[C@H]2C(=O)O. The van der Waals surface area contributed by atoms with Gasteiger partial charge in [0.25, 0.3) is 0 Å². The van der Waals surface area contributed by atoms with Crippen LogP contribution < -0.4 is 5.32 Å². The maximum atomic E-state index is 13.9. The minimum atomic E-state index is -4.54. The topological polar surface area (TPSA) is 99.6 Å². The van der Waals surface area contributed by atoms with Gasteiger partial charge in [-0.05, 0) is 48.1 Å². The summed E-state index contributed by atoms with van der Waals surface area (Å²) in [4.78, 5) is 15.8. The van der Waals surface area contributed by atoms with E-state index >= 15 is 0 Å². The van der Waals surface area contributed by atoms with Gasteiger partial charge in [0.2, 0.25) is 10.0 Å². The molecule has 2 aliphatic rings. The van der Waals surface area contributed by atoms with Crippen molar-refractivity contribution in [2.45, 2.75) is 49.2 Å². The fraction of sp³-hybridized carbons (Fsp3) is 0.455. The van der Waals surface area contributed by atoms with Gasteiger partial charge in [0.15, 0.2) is 0 Å². The third kappa shape index (κ3) is 4.13. The molecule has 0 spiro atoms. The first-order chi connectivity index (χ1) is 15.4. The second kappa shape index (κ2) is 8.37. The zero-order chi connectivity index (χ0) is 24.1. The molecule has 1 saturated heterocycles. The standard InChI is InChI=1S/C22H24F3N3O4S/c1-12-3-5-15-16(21(29)30)9-13(2)19(15)20(12)33(31,32)28-8-7-26-11-18(28)17-6-4-14(10-27-17)22(23,24)25/h3-6,10,13,16,18,26H,7-9,11H2,1-2H3,(H,29,30)/t13-,16+,18?/m0/s1. The number of alkyl halides is 3. The minimum Gasteiger partial charge on any atom is -0.481 e. The third-order valence-electron chi connectivity index (χ3n) is 6.40. The lowest BCUT2D eigenvalue weighted by Crippen LogP contribution is -2.49. The third-order valence-corrected chi connectivity index (χ3v) is 8.51. The second-order valence-electron chi connectivity index (χ2n) is 8.55. The van der Waals surface area contributed by atoms with Crippen molar-refractivity contribution in [3.8, 4) is 0 Å². The summed E-state index contributed by atoms with van der Waals surface area (Å²) in [5, 5.41) is 12.7. The van der Waals surface area contributed by atoms with Gasteiger partial charge in [-0.1, -0.05) is 19.1 Å². The van der Waals surface area contributed by atoms with Crippen LogP contribution in [0.2, 0.25) is 0 Å². The van der Waals surface area contributed by atoms with Crippen LogP contribution in [-0.2, 0) is 21.0 Å². The summed E-state index contributed by atoms with van der Waals surface area (Å²) < 4.78 is 68.0. The molecule has 4 rings (SSSR count). The fourth-order valence-electron chi connectivity index (χ4n) is 4.82. The average Bonchev–Trinajstić information content (AvgIpc) is 3.09. The molecule has 11 heteroatoms. The second-order valence-corrected chi connectivity index (χ2v) is 10.4. The normalized spacial score (nSPS) is 24.0. The van der Waals surface area contributed by atoms with Gasteiger partial charge in [-0.3, -0.25) is 9.78 Å². The molecule has 3 atom stereocenters. The number of pyridine rings is 1. The molecule has 178 valence electrons. The number of piperazine rings is 1. The number of nitrogens with zero attached hydrogens (tertiary/aromatic N) is 2. The van der Waals surface area contributed by atoms with Crippen LogP contribution in [-0.4, -0.2) is 48.4 Å². The van der Waals surface area contributed by atoms with Gasteiger partial charge in [-0.15, -0.1) is 0 Å². The van der Waals surface area contributed by atoms with E-state index in [-0.39, 0.29) is 29.6 Å². The van der Waals surface area contributed by atoms with Crippen molar-refractivity contribution in [2.24, 2.45) is 0 Å². The zero-order valence-corrected chi connectivity index (χ0v) is 18.9. The number of carboxylic acids is 1. The summed E-state index contributed by atoms with van der Waals surface area (Å²) in [6, 6.07) is 4.60. The number of carboxylic acid groups (broad SMARTS) is 1. The van der Waals surface area contributed by atoms with E-state index in [2.05, 4.69) is 10.3 Å². The summed E-state index contributed by atoms with van der Waals surface area (Å²) in [6.07, 6.45) is -3.53. The minimum absolute atomic E-state index is 0.0926. The van der Waals surface area contributed by atoms with Crippen LogP contribution in [0.15, 0.2) is 35.4 Å². The summed E-state index contributed by atoms with van der Waals surface area (Å²) >= 11 is 0. The number of hydrogen-bond donors (Lipinski definition) is 2. The lowest BCUT2D eigenvalue weighted by atomic mass is 10.00. The van der Waals surface area contributed by atoms with E-state index in [9.17, 15) is 31.5 Å². The molecule has 1 unspecified atom stereocenters. The Morgan fingerprint density at radius 1 is 1.24 bits per heavy atom. The van der Waals surface area contributed by atoms with Gasteiger partial charge >= 0.3 is 12.1 Å². The van der Waals surface area contributed by atoms with E-state index in [1.807, 2.05) is 6.92 Å². The van der Waals surface area contributed by atoms with E-state index < -0.39 is 39.7 Å². The van der Waals surface area contributed by atoms with Gasteiger partial charge in [0, 0.05) is 25.8 Å². The highest BCUT2D eigenvalue weighted by atomic mass is 32.2. The number of benzene rings is 1. The first-order valence-electron chi connectivity index (χ1n) is 10.5. The Hall–Kier alpha value is -2.50. The van der Waals surface area contributed by atoms with Gasteiger partial charge in [-0.25, -0.2) is 8.42 Å². The van der Waals surface area contributed by atoms with E-state index in [1.54, 1.807) is 19.1 Å². The largest absolute Gasteiger partial charge is 0.481 e. The van der Waals surface area contributed by atoms with Crippen molar-refractivity contribution in [2.75, 3.05) is 19.6 Å². The Bertz CT molecular complexity index is 1180. The van der Waals surface area contributed by atoms with Gasteiger partial charge in [-0.2, -0.15) is 17.5 Å². The molecule has 1 aliphatic heterocycles. The average molecular weight is 484 g/mol. The Kier molecular flexibility index (Phi) is 6.00. The number of sulfonamides is 1. The molecule has 1 fully saturated rings. The van der Waals surface area contributed by atoms with Crippen molar-refractivity contribution in [3.63, 3.8) is 0 Å². The summed E-state index contributed by atoms with van der Waals surface area (Å²) in [7, 11) is -4.10. The monoisotopic (exact) mass is 483 g/mol. The molecular weight excluding hydrogens is 459 g/mol. The molecule has 7 nitrogen and oxygen atoms in total. The quantitative estimate of drug-likeness (QED) is 0.692. The fourth-order valence-corrected chi connectivity index (χ4v) is 6.98. The zero-order valence-electron chi connectivity index (χ0n) is 18.1. The lowest BCUT2D eigenvalue weighted by molar-refractivity contribution is -0.139. The number of fused-ring (bicyclic) bond motifs is 1. The van der Waals surface area contributed by atoms with E-state index in [4.69, 9.17) is 0 Å². The molecule has 1 aliphatic carbocycles. The van der Waals surface area contributed by atoms with Crippen LogP contribution in [0.25, 0.3) is 0 Å². The molecule has 1 aromatic heterocycles. The molecule has 0 bridgehead atoms. The number of aryl methyl sites for hydroxylation is 1. The summed E-state index contributed by atoms with van der Waals surface area (Å²) in [5.41, 5.74) is 0.818. The van der Waals surface area contributed by atoms with E-state index in [0.29, 0.717) is 35.9 Å². The van der Waals surface area contributed by atoms with Crippen LogP contribution >= 0.6 is 0 Å². The maximum absolute atomic E-state index is 13.9. The van der Waals surface area contributed by atoms with Crippen molar-refractivity contribution in [3.05, 3.63) is 58.4 Å². The highest BCUT2D eigenvalue weighted by Crippen LogP contribution is 2.47. The number of aromatic nitrogens is 1. The van der Waals surface area contributed by atoms with Crippen molar-refractivity contribution < 1.29 is 31.5 Å². The maximum Gasteiger partial charge on any atom is 0.417 e.